The lowest BCUT2D eigenvalue weighted by atomic mass is 9.62. The maximum Gasteiger partial charge on any atom is 0.416 e. The van der Waals surface area contributed by atoms with Crippen LogP contribution in [0.15, 0.2) is 18.3 Å². The Morgan fingerprint density at radius 2 is 2.09 bits per heavy atom. The van der Waals surface area contributed by atoms with E-state index < -0.39 is 34.6 Å². The van der Waals surface area contributed by atoms with Crippen molar-refractivity contribution in [3.05, 3.63) is 29.6 Å². The molecular weight excluding hydrogens is 317 g/mol. The number of hydrogen-bond acceptors (Lipinski definition) is 4. The average molecular weight is 330 g/mol. The zero-order valence-corrected chi connectivity index (χ0v) is 11.8. The first kappa shape index (κ1) is 15.7. The number of carboxylic acids is 1. The number of amides is 1. The Labute approximate surface area is 128 Å². The number of fused-ring (bicyclic) bond motifs is 1. The number of carboxylic acid groups (broad SMARTS) is 1. The average Bonchev–Trinajstić information content (AvgIpc) is 3.01. The fraction of sp³-hybridized carbons (Fsp3) is 0.500. The van der Waals surface area contributed by atoms with Gasteiger partial charge in [0.05, 0.1) is 29.8 Å². The zero-order chi connectivity index (χ0) is 16.9. The molecule has 2 bridgehead atoms. The van der Waals surface area contributed by atoms with Crippen LogP contribution in [-0.2, 0) is 27.0 Å². The Morgan fingerprint density at radius 1 is 1.39 bits per heavy atom. The number of pyridine rings is 1. The smallest absolute Gasteiger partial charge is 0.416 e. The van der Waals surface area contributed by atoms with Crippen molar-refractivity contribution >= 4 is 11.9 Å². The molecule has 3 heterocycles. The van der Waals surface area contributed by atoms with E-state index in [0.29, 0.717) is 0 Å². The van der Waals surface area contributed by atoms with E-state index >= 15 is 0 Å². The summed E-state index contributed by atoms with van der Waals surface area (Å²) in [4.78, 5) is 27.0. The minimum Gasteiger partial charge on any atom is -0.481 e. The minimum atomic E-state index is -4.48. The predicted molar refractivity (Wildman–Crippen MR) is 69.1 cm³/mol. The summed E-state index contributed by atoms with van der Waals surface area (Å²) in [7, 11) is 0. The van der Waals surface area contributed by atoms with E-state index in [4.69, 9.17) is 9.84 Å². The molecule has 1 amide bonds. The summed E-state index contributed by atoms with van der Waals surface area (Å²) in [5.41, 5.74) is -2.97. The number of ether oxygens (including phenoxy) is 1. The molecule has 1 aromatic rings. The second-order valence-corrected chi connectivity index (χ2v) is 5.94. The largest absolute Gasteiger partial charge is 0.481 e. The van der Waals surface area contributed by atoms with Crippen LogP contribution in [0.2, 0.25) is 0 Å². The van der Waals surface area contributed by atoms with Gasteiger partial charge >= 0.3 is 12.1 Å². The van der Waals surface area contributed by atoms with E-state index in [1.807, 2.05) is 0 Å². The molecule has 2 aliphatic heterocycles. The van der Waals surface area contributed by atoms with Crippen molar-refractivity contribution in [3.8, 4) is 0 Å². The highest BCUT2D eigenvalue weighted by molar-refractivity contribution is 5.92. The lowest BCUT2D eigenvalue weighted by Crippen LogP contribution is -2.57. The van der Waals surface area contributed by atoms with Gasteiger partial charge in [0.1, 0.15) is 5.60 Å². The number of nitrogens with one attached hydrogen (secondary N) is 1. The third-order valence-corrected chi connectivity index (χ3v) is 4.31. The molecule has 23 heavy (non-hydrogen) atoms. The van der Waals surface area contributed by atoms with E-state index in [0.717, 1.165) is 18.3 Å². The SMILES string of the molecule is O=C(O)C12COC(C(=O)NCc3cc(C(F)(F)F)ccn3)(C1)C2. The molecule has 4 rings (SSSR count). The maximum absolute atomic E-state index is 12.6. The molecule has 1 aromatic heterocycles. The molecule has 0 radical (unpaired) electrons. The molecule has 1 aliphatic carbocycles. The van der Waals surface area contributed by atoms with Crippen molar-refractivity contribution in [1.82, 2.24) is 10.3 Å². The number of halogens is 3. The summed E-state index contributed by atoms with van der Waals surface area (Å²) in [6, 6.07) is 1.70. The number of carbonyl (C=O) groups is 2. The zero-order valence-electron chi connectivity index (χ0n) is 11.8. The number of aromatic nitrogens is 1. The molecule has 0 aromatic carbocycles. The summed E-state index contributed by atoms with van der Waals surface area (Å²) in [6.45, 7) is -0.217. The molecule has 1 saturated carbocycles. The third-order valence-electron chi connectivity index (χ3n) is 4.31. The van der Waals surface area contributed by atoms with Crippen molar-refractivity contribution < 1.29 is 32.6 Å². The minimum absolute atomic E-state index is 0.0302. The van der Waals surface area contributed by atoms with Gasteiger partial charge in [-0.25, -0.2) is 0 Å². The Morgan fingerprint density at radius 3 is 2.65 bits per heavy atom. The first-order chi connectivity index (χ1) is 10.7. The van der Waals surface area contributed by atoms with Crippen molar-refractivity contribution in [2.45, 2.75) is 31.2 Å². The maximum atomic E-state index is 12.6. The monoisotopic (exact) mass is 330 g/mol. The van der Waals surface area contributed by atoms with Gasteiger partial charge in [0.25, 0.3) is 5.91 Å². The highest BCUT2D eigenvalue weighted by Crippen LogP contribution is 2.58. The van der Waals surface area contributed by atoms with E-state index in [2.05, 4.69) is 10.3 Å². The fourth-order valence-electron chi connectivity index (χ4n) is 3.04. The number of hydrogen-bond donors (Lipinski definition) is 2. The van der Waals surface area contributed by atoms with Gasteiger partial charge in [-0.15, -0.1) is 0 Å². The van der Waals surface area contributed by atoms with Gasteiger partial charge in [-0.3, -0.25) is 14.6 Å². The highest BCUT2D eigenvalue weighted by atomic mass is 19.4. The Kier molecular flexibility index (Phi) is 3.36. The van der Waals surface area contributed by atoms with Crippen LogP contribution >= 0.6 is 0 Å². The standard InChI is InChI=1S/C14H13F3N2O4/c15-14(16,17)8-1-2-18-9(3-8)4-19-10(20)13-5-12(6-13,7-23-13)11(21)22/h1-3H,4-7H2,(H,19,20)(H,21,22). The van der Waals surface area contributed by atoms with Gasteiger partial charge in [-0.1, -0.05) is 0 Å². The predicted octanol–water partition coefficient (Wildman–Crippen LogP) is 1.35. The normalized spacial score (nSPS) is 29.0. The van der Waals surface area contributed by atoms with Crippen LogP contribution < -0.4 is 5.32 Å². The molecule has 3 aliphatic rings. The van der Waals surface area contributed by atoms with Gasteiger partial charge in [-0.2, -0.15) is 13.2 Å². The van der Waals surface area contributed by atoms with Crippen molar-refractivity contribution in [3.63, 3.8) is 0 Å². The molecule has 6 nitrogen and oxygen atoms in total. The van der Waals surface area contributed by atoms with Crippen LogP contribution in [0.4, 0.5) is 13.2 Å². The summed E-state index contributed by atoms with van der Waals surface area (Å²) < 4.78 is 43.1. The van der Waals surface area contributed by atoms with Crippen molar-refractivity contribution in [2.75, 3.05) is 6.61 Å². The lowest BCUT2D eigenvalue weighted by Gasteiger charge is -2.40. The van der Waals surface area contributed by atoms with Crippen molar-refractivity contribution in [1.29, 1.82) is 0 Å². The topological polar surface area (TPSA) is 88.5 Å². The molecule has 124 valence electrons. The number of carbonyl (C=O) groups excluding carboxylic acids is 1. The highest BCUT2D eigenvalue weighted by Gasteiger charge is 2.70. The van der Waals surface area contributed by atoms with E-state index in [9.17, 15) is 22.8 Å². The lowest BCUT2D eigenvalue weighted by molar-refractivity contribution is -0.158. The Balaban J connectivity index is 1.62. The number of aliphatic carboxylic acids is 1. The first-order valence-corrected chi connectivity index (χ1v) is 6.85. The summed E-state index contributed by atoms with van der Waals surface area (Å²) in [6.07, 6.45) is -3.30. The number of alkyl halides is 3. The van der Waals surface area contributed by atoms with Crippen LogP contribution in [0.3, 0.4) is 0 Å². The summed E-state index contributed by atoms with van der Waals surface area (Å²) >= 11 is 0. The molecular formula is C14H13F3N2O4. The molecule has 2 N–H and O–H groups in total. The molecule has 0 spiro atoms. The first-order valence-electron chi connectivity index (χ1n) is 6.85. The second-order valence-electron chi connectivity index (χ2n) is 5.94. The molecule has 0 unspecified atom stereocenters. The number of nitrogens with zero attached hydrogens (tertiary/aromatic N) is 1. The second kappa shape index (κ2) is 4.92. The molecule has 3 fully saturated rings. The summed E-state index contributed by atoms with van der Waals surface area (Å²) in [5.74, 6) is -1.52. The van der Waals surface area contributed by atoms with Crippen molar-refractivity contribution in [2.24, 2.45) is 5.41 Å². The van der Waals surface area contributed by atoms with Crippen LogP contribution in [0.25, 0.3) is 0 Å². The van der Waals surface area contributed by atoms with Crippen LogP contribution in [0.5, 0.6) is 0 Å². The Bertz CT molecular complexity index is 668. The number of rotatable bonds is 4. The quantitative estimate of drug-likeness (QED) is 0.870. The summed E-state index contributed by atoms with van der Waals surface area (Å²) in [5, 5.41) is 11.6. The van der Waals surface area contributed by atoms with Gasteiger partial charge in [0.2, 0.25) is 0 Å². The third kappa shape index (κ3) is 2.54. The fourth-order valence-corrected chi connectivity index (χ4v) is 3.04. The van der Waals surface area contributed by atoms with Gasteiger partial charge in [-0.05, 0) is 12.1 Å². The van der Waals surface area contributed by atoms with Crippen LogP contribution in [-0.4, -0.2) is 34.2 Å². The van der Waals surface area contributed by atoms with Gasteiger partial charge in [0.15, 0.2) is 0 Å². The molecule has 0 atom stereocenters. The molecule has 9 heteroatoms. The van der Waals surface area contributed by atoms with Gasteiger partial charge in [0, 0.05) is 19.0 Å². The van der Waals surface area contributed by atoms with Crippen LogP contribution in [0.1, 0.15) is 24.1 Å². The Hall–Kier alpha value is -2.16. The van der Waals surface area contributed by atoms with Gasteiger partial charge < -0.3 is 15.2 Å². The van der Waals surface area contributed by atoms with E-state index in [1.165, 1.54) is 0 Å². The molecule has 2 saturated heterocycles. The van der Waals surface area contributed by atoms with E-state index in [1.54, 1.807) is 0 Å². The van der Waals surface area contributed by atoms with Crippen LogP contribution in [0, 0.1) is 5.41 Å². The van der Waals surface area contributed by atoms with E-state index in [-0.39, 0.29) is 31.7 Å².